The van der Waals surface area contributed by atoms with Crippen molar-refractivity contribution >= 4 is 17.8 Å². The molecule has 0 aromatic heterocycles. The van der Waals surface area contributed by atoms with E-state index < -0.39 is 0 Å². The van der Waals surface area contributed by atoms with Gasteiger partial charge in [-0.25, -0.2) is 4.39 Å². The van der Waals surface area contributed by atoms with Crippen LogP contribution in [-0.4, -0.2) is 37.4 Å². The summed E-state index contributed by atoms with van der Waals surface area (Å²) >= 11 is 6.01. The van der Waals surface area contributed by atoms with E-state index in [1.54, 1.807) is 17.0 Å². The van der Waals surface area contributed by atoms with Gasteiger partial charge in [-0.2, -0.15) is 5.10 Å². The van der Waals surface area contributed by atoms with E-state index in [0.29, 0.717) is 10.6 Å². The second-order valence-corrected chi connectivity index (χ2v) is 6.15. The molecule has 23 heavy (non-hydrogen) atoms. The Morgan fingerprint density at radius 2 is 1.83 bits per heavy atom. The Labute approximate surface area is 141 Å². The maximum atomic E-state index is 13.7. The van der Waals surface area contributed by atoms with Crippen LogP contribution in [0.25, 0.3) is 0 Å². The molecular formula is C18H20ClFN3+. The molecule has 0 radical (unpaired) electrons. The van der Waals surface area contributed by atoms with Gasteiger partial charge in [0.2, 0.25) is 0 Å². The molecule has 0 aliphatic carbocycles. The van der Waals surface area contributed by atoms with Gasteiger partial charge in [-0.15, -0.1) is 0 Å². The molecule has 0 spiro atoms. The molecule has 1 heterocycles. The first-order valence-electron chi connectivity index (χ1n) is 7.83. The molecule has 0 unspecified atom stereocenters. The van der Waals surface area contributed by atoms with Crippen LogP contribution in [0.1, 0.15) is 11.1 Å². The van der Waals surface area contributed by atoms with Crippen LogP contribution in [0.2, 0.25) is 5.02 Å². The number of piperazine rings is 1. The molecule has 5 heteroatoms. The second-order valence-electron chi connectivity index (χ2n) is 5.75. The SMILES string of the molecule is Fc1cccc(Cl)c1/C=N/N1CC[NH+](Cc2ccccc2)CC1. The van der Waals surface area contributed by atoms with Crippen molar-refractivity contribution in [3.05, 3.63) is 70.5 Å². The lowest BCUT2D eigenvalue weighted by Gasteiger charge is -2.30. The molecule has 1 aliphatic heterocycles. The smallest absolute Gasteiger partial charge is 0.133 e. The van der Waals surface area contributed by atoms with E-state index >= 15 is 0 Å². The van der Waals surface area contributed by atoms with Gasteiger partial charge in [-0.3, -0.25) is 5.01 Å². The van der Waals surface area contributed by atoms with Crippen LogP contribution in [0.15, 0.2) is 53.6 Å². The van der Waals surface area contributed by atoms with Crippen molar-refractivity contribution in [2.24, 2.45) is 5.10 Å². The lowest BCUT2D eigenvalue weighted by atomic mass is 10.2. The molecule has 2 aromatic rings. The largest absolute Gasteiger partial charge is 0.328 e. The number of nitrogens with one attached hydrogen (secondary N) is 1. The fourth-order valence-corrected chi connectivity index (χ4v) is 2.97. The summed E-state index contributed by atoms with van der Waals surface area (Å²) in [5.41, 5.74) is 1.71. The predicted molar refractivity (Wildman–Crippen MR) is 91.4 cm³/mol. The summed E-state index contributed by atoms with van der Waals surface area (Å²) in [7, 11) is 0. The lowest BCUT2D eigenvalue weighted by molar-refractivity contribution is -0.918. The molecule has 0 saturated carbocycles. The van der Waals surface area contributed by atoms with Gasteiger partial charge in [0.15, 0.2) is 0 Å². The van der Waals surface area contributed by atoms with Crippen molar-refractivity contribution in [2.75, 3.05) is 26.2 Å². The maximum absolute atomic E-state index is 13.7. The monoisotopic (exact) mass is 332 g/mol. The molecule has 120 valence electrons. The van der Waals surface area contributed by atoms with E-state index in [9.17, 15) is 4.39 Å². The highest BCUT2D eigenvalue weighted by atomic mass is 35.5. The average molecular weight is 333 g/mol. The van der Waals surface area contributed by atoms with E-state index in [1.165, 1.54) is 17.8 Å². The highest BCUT2D eigenvalue weighted by Crippen LogP contribution is 2.16. The molecule has 1 fully saturated rings. The first-order chi connectivity index (χ1) is 11.2. The standard InChI is InChI=1S/C18H19ClFN3/c19-17-7-4-8-18(20)16(17)13-21-23-11-9-22(10-12-23)14-15-5-2-1-3-6-15/h1-8,13H,9-12,14H2/p+1/b21-13+. The van der Waals surface area contributed by atoms with E-state index in [-0.39, 0.29) is 5.82 Å². The van der Waals surface area contributed by atoms with Crippen LogP contribution >= 0.6 is 11.6 Å². The summed E-state index contributed by atoms with van der Waals surface area (Å²) in [6, 6.07) is 15.2. The molecule has 0 bridgehead atoms. The van der Waals surface area contributed by atoms with Gasteiger partial charge in [-0.1, -0.05) is 48.0 Å². The van der Waals surface area contributed by atoms with Gasteiger partial charge < -0.3 is 4.90 Å². The highest BCUT2D eigenvalue weighted by Gasteiger charge is 2.18. The van der Waals surface area contributed by atoms with Crippen molar-refractivity contribution < 1.29 is 9.29 Å². The minimum Gasteiger partial charge on any atom is -0.328 e. The highest BCUT2D eigenvalue weighted by molar-refractivity contribution is 6.33. The third-order valence-electron chi connectivity index (χ3n) is 4.09. The maximum Gasteiger partial charge on any atom is 0.133 e. The zero-order valence-electron chi connectivity index (χ0n) is 12.9. The average Bonchev–Trinajstić information content (AvgIpc) is 2.57. The van der Waals surface area contributed by atoms with Crippen molar-refractivity contribution in [3.8, 4) is 0 Å². The van der Waals surface area contributed by atoms with Crippen LogP contribution in [0.5, 0.6) is 0 Å². The van der Waals surface area contributed by atoms with Crippen molar-refractivity contribution in [1.82, 2.24) is 5.01 Å². The quantitative estimate of drug-likeness (QED) is 0.851. The van der Waals surface area contributed by atoms with Crippen LogP contribution < -0.4 is 4.90 Å². The van der Waals surface area contributed by atoms with Gasteiger partial charge >= 0.3 is 0 Å². The Morgan fingerprint density at radius 1 is 1.09 bits per heavy atom. The Bertz CT molecular complexity index is 647. The normalized spacial score (nSPS) is 16.2. The number of hydrogen-bond acceptors (Lipinski definition) is 2. The van der Waals surface area contributed by atoms with E-state index in [0.717, 1.165) is 32.7 Å². The van der Waals surface area contributed by atoms with Gasteiger partial charge in [0.25, 0.3) is 0 Å². The number of rotatable bonds is 4. The van der Waals surface area contributed by atoms with Gasteiger partial charge in [0, 0.05) is 11.1 Å². The zero-order chi connectivity index (χ0) is 16.1. The van der Waals surface area contributed by atoms with Crippen molar-refractivity contribution in [1.29, 1.82) is 0 Å². The molecule has 1 N–H and O–H groups in total. The molecule has 1 aliphatic rings. The van der Waals surface area contributed by atoms with Gasteiger partial charge in [0.05, 0.1) is 37.4 Å². The molecule has 3 rings (SSSR count). The molecule has 1 saturated heterocycles. The van der Waals surface area contributed by atoms with Crippen LogP contribution in [-0.2, 0) is 6.54 Å². The fraction of sp³-hybridized carbons (Fsp3) is 0.278. The Kier molecular flexibility index (Phi) is 5.26. The third-order valence-corrected chi connectivity index (χ3v) is 4.42. The van der Waals surface area contributed by atoms with Crippen molar-refractivity contribution in [2.45, 2.75) is 6.54 Å². The van der Waals surface area contributed by atoms with Crippen LogP contribution in [0, 0.1) is 5.82 Å². The van der Waals surface area contributed by atoms with Gasteiger partial charge in [-0.05, 0) is 12.1 Å². The summed E-state index contributed by atoms with van der Waals surface area (Å²) in [4.78, 5) is 1.55. The molecular weight excluding hydrogens is 313 g/mol. The number of quaternary nitrogens is 1. The predicted octanol–water partition coefficient (Wildman–Crippen LogP) is 2.21. The number of hydrogen-bond donors (Lipinski definition) is 1. The number of hydrazone groups is 1. The summed E-state index contributed by atoms with van der Waals surface area (Å²) in [6.07, 6.45) is 1.53. The third kappa shape index (κ3) is 4.30. The summed E-state index contributed by atoms with van der Waals surface area (Å²) in [6.45, 7) is 4.82. The zero-order valence-corrected chi connectivity index (χ0v) is 13.6. The Balaban J connectivity index is 1.54. The van der Waals surface area contributed by atoms with E-state index in [1.807, 2.05) is 11.1 Å². The van der Waals surface area contributed by atoms with Gasteiger partial charge in [0.1, 0.15) is 12.4 Å². The first kappa shape index (κ1) is 16.0. The molecule has 3 nitrogen and oxygen atoms in total. The molecule has 2 aromatic carbocycles. The topological polar surface area (TPSA) is 20.0 Å². The Morgan fingerprint density at radius 3 is 2.52 bits per heavy atom. The molecule has 0 atom stereocenters. The number of benzene rings is 2. The van der Waals surface area contributed by atoms with E-state index in [4.69, 9.17) is 11.6 Å². The summed E-state index contributed by atoms with van der Waals surface area (Å²) in [5, 5.41) is 6.76. The fourth-order valence-electron chi connectivity index (χ4n) is 2.76. The van der Waals surface area contributed by atoms with Crippen molar-refractivity contribution in [3.63, 3.8) is 0 Å². The summed E-state index contributed by atoms with van der Waals surface area (Å²) in [5.74, 6) is -0.338. The summed E-state index contributed by atoms with van der Waals surface area (Å²) < 4.78 is 13.7. The van der Waals surface area contributed by atoms with E-state index in [2.05, 4.69) is 29.4 Å². The number of halogens is 2. The molecule has 0 amide bonds. The number of nitrogens with zero attached hydrogens (tertiary/aromatic N) is 2. The minimum atomic E-state index is -0.338. The minimum absolute atomic E-state index is 0.338. The Hall–Kier alpha value is -1.91. The van der Waals surface area contributed by atoms with Crippen LogP contribution in [0.4, 0.5) is 4.39 Å². The van der Waals surface area contributed by atoms with Crippen LogP contribution in [0.3, 0.4) is 0 Å². The second kappa shape index (κ2) is 7.57. The first-order valence-corrected chi connectivity index (χ1v) is 8.20. The lowest BCUT2D eigenvalue weighted by Crippen LogP contribution is -3.13.